The number of likely N-dealkylation sites (N-methyl/N-ethyl adjacent to an activating group) is 1. The van der Waals surface area contributed by atoms with Gasteiger partial charge in [-0.15, -0.1) is 0 Å². The van der Waals surface area contributed by atoms with Crippen molar-refractivity contribution in [3.05, 3.63) is 0 Å². The largest absolute Gasteiger partial charge is 0.354 e. The lowest BCUT2D eigenvalue weighted by Crippen LogP contribution is -2.55. The van der Waals surface area contributed by atoms with Gasteiger partial charge in [0, 0.05) is 31.1 Å². The molecule has 2 aliphatic rings. The number of carbonyl (C=O) groups excluding carboxylic acids is 2. The van der Waals surface area contributed by atoms with E-state index >= 15 is 0 Å². The van der Waals surface area contributed by atoms with Crippen molar-refractivity contribution in [2.45, 2.75) is 64.3 Å². The van der Waals surface area contributed by atoms with Gasteiger partial charge >= 0.3 is 0 Å². The van der Waals surface area contributed by atoms with Crippen LogP contribution in [0, 0.1) is 11.8 Å². The molecule has 1 aliphatic carbocycles. The number of nitrogens with zero attached hydrogens (tertiary/aromatic N) is 2. The van der Waals surface area contributed by atoms with Crippen molar-refractivity contribution in [3.8, 4) is 0 Å². The average molecular weight is 338 g/mol. The van der Waals surface area contributed by atoms with Gasteiger partial charge in [0.15, 0.2) is 0 Å². The van der Waals surface area contributed by atoms with Crippen LogP contribution >= 0.6 is 0 Å². The van der Waals surface area contributed by atoms with Gasteiger partial charge in [-0.25, -0.2) is 0 Å². The maximum Gasteiger partial charge on any atom is 0.225 e. The van der Waals surface area contributed by atoms with Gasteiger partial charge in [0.1, 0.15) is 0 Å². The van der Waals surface area contributed by atoms with Crippen LogP contribution in [-0.4, -0.2) is 60.9 Å². The lowest BCUT2D eigenvalue weighted by molar-refractivity contribution is -0.138. The molecule has 0 bridgehead atoms. The number of carbonyl (C=O) groups is 2. The molecule has 0 aromatic carbocycles. The van der Waals surface area contributed by atoms with Crippen molar-refractivity contribution < 1.29 is 9.59 Å². The molecule has 2 rings (SSSR count). The molecule has 24 heavy (non-hydrogen) atoms. The summed E-state index contributed by atoms with van der Waals surface area (Å²) in [7, 11) is 4.25. The predicted molar refractivity (Wildman–Crippen MR) is 96.7 cm³/mol. The molecule has 5 nitrogen and oxygen atoms in total. The summed E-state index contributed by atoms with van der Waals surface area (Å²) in [5.74, 6) is 0.253. The molecule has 0 aromatic heterocycles. The van der Waals surface area contributed by atoms with Crippen LogP contribution in [0.15, 0.2) is 0 Å². The van der Waals surface area contributed by atoms with Crippen molar-refractivity contribution in [2.75, 3.05) is 33.7 Å². The molecule has 1 saturated carbocycles. The van der Waals surface area contributed by atoms with Crippen LogP contribution in [-0.2, 0) is 9.59 Å². The van der Waals surface area contributed by atoms with Crippen molar-refractivity contribution in [1.82, 2.24) is 15.1 Å². The lowest BCUT2D eigenvalue weighted by atomic mass is 9.80. The maximum absolute atomic E-state index is 12.7. The Bertz CT molecular complexity index is 442. The minimum atomic E-state index is -0.0516. The minimum absolute atomic E-state index is 0.00561. The van der Waals surface area contributed by atoms with Gasteiger partial charge in [0.2, 0.25) is 11.8 Å². The Balaban J connectivity index is 1.90. The summed E-state index contributed by atoms with van der Waals surface area (Å²) in [5, 5.41) is 3.21. The lowest BCUT2D eigenvalue weighted by Gasteiger charge is -2.43. The summed E-state index contributed by atoms with van der Waals surface area (Å²) in [6.07, 6.45) is 7.92. The zero-order valence-electron chi connectivity index (χ0n) is 15.9. The van der Waals surface area contributed by atoms with Gasteiger partial charge in [-0.1, -0.05) is 33.1 Å². The first-order valence-corrected chi connectivity index (χ1v) is 9.60. The molecule has 2 amide bonds. The number of amides is 2. The van der Waals surface area contributed by atoms with Crippen molar-refractivity contribution in [2.24, 2.45) is 11.8 Å². The molecule has 1 atom stereocenters. The first-order valence-electron chi connectivity index (χ1n) is 9.60. The molecule has 2 fully saturated rings. The predicted octanol–water partition coefficient (Wildman–Crippen LogP) is 2.26. The van der Waals surface area contributed by atoms with E-state index in [1.807, 2.05) is 18.7 Å². The highest BCUT2D eigenvalue weighted by molar-refractivity contribution is 5.82. The van der Waals surface area contributed by atoms with Gasteiger partial charge in [0.25, 0.3) is 0 Å². The van der Waals surface area contributed by atoms with E-state index < -0.39 is 0 Å². The van der Waals surface area contributed by atoms with Crippen molar-refractivity contribution >= 4 is 11.8 Å². The zero-order valence-corrected chi connectivity index (χ0v) is 15.9. The number of nitrogens with one attached hydrogen (secondary N) is 1. The number of hydrogen-bond donors (Lipinski definition) is 1. The summed E-state index contributed by atoms with van der Waals surface area (Å²) in [6.45, 7) is 5.96. The molecule has 0 aromatic rings. The van der Waals surface area contributed by atoms with E-state index in [1.54, 1.807) is 0 Å². The molecule has 1 saturated heterocycles. The van der Waals surface area contributed by atoms with Crippen LogP contribution in [0.2, 0.25) is 0 Å². The van der Waals surface area contributed by atoms with Crippen LogP contribution < -0.4 is 5.32 Å². The summed E-state index contributed by atoms with van der Waals surface area (Å²) in [4.78, 5) is 29.0. The standard InChI is InChI=1S/C19H35N3O2/c1-15(2)18(24)22-12-8-9-16(13-22)17(23)20-14-19(21(3)4)10-6-5-7-11-19/h15-16H,5-14H2,1-4H3,(H,20,23)/t16-/m0/s1. The van der Waals surface area contributed by atoms with E-state index in [0.29, 0.717) is 6.54 Å². The molecule has 1 aliphatic heterocycles. The molecule has 0 radical (unpaired) electrons. The first-order chi connectivity index (χ1) is 11.4. The highest BCUT2D eigenvalue weighted by atomic mass is 16.2. The minimum Gasteiger partial charge on any atom is -0.354 e. The smallest absolute Gasteiger partial charge is 0.225 e. The van der Waals surface area contributed by atoms with Crippen LogP contribution in [0.1, 0.15) is 58.8 Å². The highest BCUT2D eigenvalue weighted by Crippen LogP contribution is 2.31. The Morgan fingerprint density at radius 3 is 2.42 bits per heavy atom. The third-order valence-electron chi connectivity index (χ3n) is 5.92. The number of piperidine rings is 1. The second kappa shape index (κ2) is 8.32. The zero-order chi connectivity index (χ0) is 17.7. The highest BCUT2D eigenvalue weighted by Gasteiger charge is 2.36. The van der Waals surface area contributed by atoms with Gasteiger partial charge in [-0.05, 0) is 39.8 Å². The molecular formula is C19H35N3O2. The van der Waals surface area contributed by atoms with E-state index in [-0.39, 0.29) is 29.2 Å². The van der Waals surface area contributed by atoms with Crippen LogP contribution in [0.3, 0.4) is 0 Å². The topological polar surface area (TPSA) is 52.7 Å². The molecule has 5 heteroatoms. The fourth-order valence-corrected chi connectivity index (χ4v) is 4.14. The number of hydrogen-bond acceptors (Lipinski definition) is 3. The second-order valence-corrected chi connectivity index (χ2v) is 8.18. The maximum atomic E-state index is 12.7. The molecule has 1 N–H and O–H groups in total. The van der Waals surface area contributed by atoms with E-state index in [2.05, 4.69) is 24.3 Å². The monoisotopic (exact) mass is 337 g/mol. The van der Waals surface area contributed by atoms with Gasteiger partial charge in [-0.3, -0.25) is 9.59 Å². The van der Waals surface area contributed by atoms with Crippen molar-refractivity contribution in [3.63, 3.8) is 0 Å². The third-order valence-corrected chi connectivity index (χ3v) is 5.92. The Labute approximate surface area is 147 Å². The summed E-state index contributed by atoms with van der Waals surface area (Å²) in [5.41, 5.74) is 0.107. The quantitative estimate of drug-likeness (QED) is 0.837. The van der Waals surface area contributed by atoms with E-state index in [1.165, 1.54) is 19.3 Å². The second-order valence-electron chi connectivity index (χ2n) is 8.18. The molecule has 1 heterocycles. The van der Waals surface area contributed by atoms with E-state index in [0.717, 1.165) is 38.8 Å². The van der Waals surface area contributed by atoms with E-state index in [9.17, 15) is 9.59 Å². The Hall–Kier alpha value is -1.10. The molecule has 138 valence electrons. The summed E-state index contributed by atoms with van der Waals surface area (Å²) >= 11 is 0. The van der Waals surface area contributed by atoms with Gasteiger partial charge in [-0.2, -0.15) is 0 Å². The molecular weight excluding hydrogens is 302 g/mol. The normalized spacial score (nSPS) is 24.2. The Kier molecular flexibility index (Phi) is 6.67. The number of rotatable bonds is 5. The van der Waals surface area contributed by atoms with Crippen LogP contribution in [0.25, 0.3) is 0 Å². The van der Waals surface area contributed by atoms with E-state index in [4.69, 9.17) is 0 Å². The SMILES string of the molecule is CC(C)C(=O)N1CCC[C@H](C(=O)NCC2(N(C)C)CCCCC2)C1. The molecule has 0 unspecified atom stereocenters. The van der Waals surface area contributed by atoms with Gasteiger partial charge in [0.05, 0.1) is 5.92 Å². The Morgan fingerprint density at radius 1 is 1.17 bits per heavy atom. The van der Waals surface area contributed by atoms with Gasteiger partial charge < -0.3 is 15.1 Å². The van der Waals surface area contributed by atoms with Crippen LogP contribution in [0.5, 0.6) is 0 Å². The van der Waals surface area contributed by atoms with Crippen LogP contribution in [0.4, 0.5) is 0 Å². The summed E-state index contributed by atoms with van der Waals surface area (Å²) < 4.78 is 0. The fourth-order valence-electron chi connectivity index (χ4n) is 4.14. The molecule has 0 spiro atoms. The van der Waals surface area contributed by atoms with Crippen molar-refractivity contribution in [1.29, 1.82) is 0 Å². The fraction of sp³-hybridized carbons (Fsp3) is 0.895. The Morgan fingerprint density at radius 2 is 1.83 bits per heavy atom. The third kappa shape index (κ3) is 4.50. The summed E-state index contributed by atoms with van der Waals surface area (Å²) in [6, 6.07) is 0. The first kappa shape index (κ1) is 19.2. The average Bonchev–Trinajstić information content (AvgIpc) is 2.59. The number of likely N-dealkylation sites (tertiary alicyclic amines) is 1.